The lowest BCUT2D eigenvalue weighted by Crippen LogP contribution is -2.57. The summed E-state index contributed by atoms with van der Waals surface area (Å²) >= 11 is 0. The van der Waals surface area contributed by atoms with Crippen molar-refractivity contribution in [3.05, 3.63) is 0 Å². The fourth-order valence-electron chi connectivity index (χ4n) is 3.10. The molecule has 2 aliphatic rings. The minimum Gasteiger partial charge on any atom is -0.481 e. The summed E-state index contributed by atoms with van der Waals surface area (Å²) < 4.78 is 5.30. The van der Waals surface area contributed by atoms with E-state index in [2.05, 4.69) is 10.6 Å². The Balaban J connectivity index is 2.13. The largest absolute Gasteiger partial charge is 0.481 e. The van der Waals surface area contributed by atoms with Crippen molar-refractivity contribution in [3.63, 3.8) is 0 Å². The molecular weight excluding hydrogens is 272 g/mol. The Morgan fingerprint density at radius 1 is 1.29 bits per heavy atom. The van der Waals surface area contributed by atoms with Crippen molar-refractivity contribution in [1.82, 2.24) is 10.6 Å². The number of nitrogens with one attached hydrogen (secondary N) is 2. The molecule has 0 spiro atoms. The standard InChI is InChI=1S/C15H26N2O4/c1-14(2,3)21-13(20)17-11(10-4-5-10)15(12(18)19)6-8-16-9-7-15/h10-11,16H,4-9H2,1-3H3,(H,17,20)(H,18,19)/t11-/m1/s1. The lowest BCUT2D eigenvalue weighted by atomic mass is 9.71. The molecule has 1 saturated heterocycles. The molecule has 0 aromatic carbocycles. The average molecular weight is 298 g/mol. The van der Waals surface area contributed by atoms with E-state index in [1.165, 1.54) is 0 Å². The predicted octanol–water partition coefficient (Wildman–Crippen LogP) is 1.74. The van der Waals surface area contributed by atoms with Gasteiger partial charge in [0.15, 0.2) is 0 Å². The Morgan fingerprint density at radius 3 is 2.29 bits per heavy atom. The van der Waals surface area contributed by atoms with E-state index >= 15 is 0 Å². The van der Waals surface area contributed by atoms with Crippen LogP contribution in [0.15, 0.2) is 0 Å². The van der Waals surface area contributed by atoms with Crippen LogP contribution in [0, 0.1) is 11.3 Å². The summed E-state index contributed by atoms with van der Waals surface area (Å²) in [5.74, 6) is -0.552. The van der Waals surface area contributed by atoms with E-state index in [1.54, 1.807) is 20.8 Å². The Morgan fingerprint density at radius 2 is 1.86 bits per heavy atom. The second-order valence-corrected chi connectivity index (χ2v) is 7.17. The zero-order chi connectivity index (χ0) is 15.7. The molecule has 0 unspecified atom stereocenters. The van der Waals surface area contributed by atoms with E-state index in [0.29, 0.717) is 25.9 Å². The van der Waals surface area contributed by atoms with Gasteiger partial charge in [-0.3, -0.25) is 4.79 Å². The first kappa shape index (κ1) is 16.1. The SMILES string of the molecule is CC(C)(C)OC(=O)N[C@H](C1CC1)C1(C(=O)O)CCNCC1. The summed E-state index contributed by atoms with van der Waals surface area (Å²) in [5.41, 5.74) is -1.45. The molecule has 1 aliphatic carbocycles. The molecule has 1 atom stereocenters. The van der Waals surface area contributed by atoms with Crippen LogP contribution in [-0.4, -0.2) is 41.9 Å². The molecule has 1 heterocycles. The number of amides is 1. The van der Waals surface area contributed by atoms with E-state index in [4.69, 9.17) is 4.74 Å². The van der Waals surface area contributed by atoms with Crippen molar-refractivity contribution >= 4 is 12.1 Å². The lowest BCUT2D eigenvalue weighted by molar-refractivity contribution is -0.153. The van der Waals surface area contributed by atoms with Crippen LogP contribution in [0.5, 0.6) is 0 Å². The van der Waals surface area contributed by atoms with E-state index in [9.17, 15) is 14.7 Å². The van der Waals surface area contributed by atoms with Crippen LogP contribution in [-0.2, 0) is 9.53 Å². The van der Waals surface area contributed by atoms with Gasteiger partial charge in [0.1, 0.15) is 5.60 Å². The van der Waals surface area contributed by atoms with E-state index in [0.717, 1.165) is 12.8 Å². The molecule has 0 aromatic rings. The second kappa shape index (κ2) is 5.83. The maximum absolute atomic E-state index is 12.1. The molecule has 2 fully saturated rings. The fraction of sp³-hybridized carbons (Fsp3) is 0.867. The first-order valence-electron chi connectivity index (χ1n) is 7.68. The average Bonchev–Trinajstić information content (AvgIpc) is 3.18. The van der Waals surface area contributed by atoms with Gasteiger partial charge in [-0.05, 0) is 65.5 Å². The number of carbonyl (C=O) groups excluding carboxylic acids is 1. The van der Waals surface area contributed by atoms with Gasteiger partial charge in [0.05, 0.1) is 11.5 Å². The van der Waals surface area contributed by atoms with Crippen LogP contribution in [0.1, 0.15) is 46.5 Å². The minimum absolute atomic E-state index is 0.256. The monoisotopic (exact) mass is 298 g/mol. The number of hydrogen-bond acceptors (Lipinski definition) is 4. The first-order chi connectivity index (χ1) is 9.74. The predicted molar refractivity (Wildman–Crippen MR) is 78.1 cm³/mol. The quantitative estimate of drug-likeness (QED) is 0.736. The van der Waals surface area contributed by atoms with Crippen molar-refractivity contribution in [1.29, 1.82) is 0 Å². The zero-order valence-corrected chi connectivity index (χ0v) is 13.1. The topological polar surface area (TPSA) is 87.7 Å². The molecule has 1 aliphatic heterocycles. The summed E-state index contributed by atoms with van der Waals surface area (Å²) in [6.07, 6.45) is 2.52. The maximum Gasteiger partial charge on any atom is 0.407 e. The van der Waals surface area contributed by atoms with E-state index < -0.39 is 23.1 Å². The molecule has 0 aromatic heterocycles. The van der Waals surface area contributed by atoms with Crippen molar-refractivity contribution in [3.8, 4) is 0 Å². The number of carboxylic acids is 1. The molecule has 0 radical (unpaired) electrons. The normalized spacial score (nSPS) is 23.2. The van der Waals surface area contributed by atoms with Gasteiger partial charge in [0, 0.05) is 0 Å². The van der Waals surface area contributed by atoms with Crippen LogP contribution in [0.2, 0.25) is 0 Å². The highest BCUT2D eigenvalue weighted by molar-refractivity contribution is 5.78. The van der Waals surface area contributed by atoms with Crippen LogP contribution in [0.25, 0.3) is 0 Å². The summed E-state index contributed by atoms with van der Waals surface area (Å²) in [6.45, 7) is 6.75. The molecule has 1 amide bonds. The van der Waals surface area contributed by atoms with E-state index in [1.807, 2.05) is 0 Å². The van der Waals surface area contributed by atoms with E-state index in [-0.39, 0.29) is 12.0 Å². The molecule has 1 saturated carbocycles. The summed E-state index contributed by atoms with van der Waals surface area (Å²) in [6, 6.07) is -0.341. The summed E-state index contributed by atoms with van der Waals surface area (Å²) in [7, 11) is 0. The molecule has 6 heteroatoms. The van der Waals surface area contributed by atoms with Crippen molar-refractivity contribution in [2.75, 3.05) is 13.1 Å². The van der Waals surface area contributed by atoms with Crippen molar-refractivity contribution < 1.29 is 19.4 Å². The molecule has 3 N–H and O–H groups in total. The Hall–Kier alpha value is -1.30. The first-order valence-corrected chi connectivity index (χ1v) is 7.68. The van der Waals surface area contributed by atoms with Gasteiger partial charge < -0.3 is 20.5 Å². The molecule has 21 heavy (non-hydrogen) atoms. The van der Waals surface area contributed by atoms with Crippen molar-refractivity contribution in [2.24, 2.45) is 11.3 Å². The maximum atomic E-state index is 12.1. The number of hydrogen-bond donors (Lipinski definition) is 3. The number of rotatable bonds is 4. The van der Waals surface area contributed by atoms with Gasteiger partial charge in [0.2, 0.25) is 0 Å². The van der Waals surface area contributed by atoms with Crippen molar-refractivity contribution in [2.45, 2.75) is 58.1 Å². The van der Waals surface area contributed by atoms with Crippen LogP contribution in [0.3, 0.4) is 0 Å². The fourth-order valence-corrected chi connectivity index (χ4v) is 3.10. The molecule has 0 bridgehead atoms. The van der Waals surface area contributed by atoms with Crippen LogP contribution in [0.4, 0.5) is 4.79 Å². The highest BCUT2D eigenvalue weighted by atomic mass is 16.6. The number of aliphatic carboxylic acids is 1. The number of carboxylic acid groups (broad SMARTS) is 1. The minimum atomic E-state index is -0.872. The molecule has 2 rings (SSSR count). The Labute approximate surface area is 125 Å². The smallest absolute Gasteiger partial charge is 0.407 e. The number of ether oxygens (including phenoxy) is 1. The Bertz CT molecular complexity index is 406. The summed E-state index contributed by atoms with van der Waals surface area (Å²) in [5, 5.41) is 15.8. The lowest BCUT2D eigenvalue weighted by Gasteiger charge is -2.41. The zero-order valence-electron chi connectivity index (χ0n) is 13.1. The Kier molecular flexibility index (Phi) is 4.46. The molecular formula is C15H26N2O4. The third-order valence-corrected chi connectivity index (χ3v) is 4.28. The summed E-state index contributed by atoms with van der Waals surface area (Å²) in [4.78, 5) is 24.0. The number of alkyl carbamates (subject to hydrolysis) is 1. The molecule has 6 nitrogen and oxygen atoms in total. The van der Waals surface area contributed by atoms with Gasteiger partial charge in [-0.25, -0.2) is 4.79 Å². The number of carbonyl (C=O) groups is 2. The van der Waals surface area contributed by atoms with Gasteiger partial charge in [-0.1, -0.05) is 0 Å². The molecule has 120 valence electrons. The highest BCUT2D eigenvalue weighted by Gasteiger charge is 2.53. The van der Waals surface area contributed by atoms with Crippen LogP contribution < -0.4 is 10.6 Å². The van der Waals surface area contributed by atoms with Crippen LogP contribution >= 0.6 is 0 Å². The third-order valence-electron chi connectivity index (χ3n) is 4.28. The highest BCUT2D eigenvalue weighted by Crippen LogP contribution is 2.45. The van der Waals surface area contributed by atoms with Gasteiger partial charge in [-0.2, -0.15) is 0 Å². The number of piperidine rings is 1. The third kappa shape index (κ3) is 3.87. The van der Waals surface area contributed by atoms with Gasteiger partial charge in [-0.15, -0.1) is 0 Å². The van der Waals surface area contributed by atoms with Gasteiger partial charge in [0.25, 0.3) is 0 Å². The second-order valence-electron chi connectivity index (χ2n) is 7.17. The van der Waals surface area contributed by atoms with Gasteiger partial charge >= 0.3 is 12.1 Å².